The quantitative estimate of drug-likeness (QED) is 0.0895. The third-order valence-corrected chi connectivity index (χ3v) is 10.9. The van der Waals surface area contributed by atoms with Gasteiger partial charge in [0.15, 0.2) is 0 Å². The highest BCUT2D eigenvalue weighted by Crippen LogP contribution is 2.48. The molecule has 4 aromatic carbocycles. The molecule has 6 aromatic rings. The van der Waals surface area contributed by atoms with Gasteiger partial charge in [-0.1, -0.05) is 97.1 Å². The molecule has 0 aliphatic carbocycles. The number of para-hydroxylation sites is 2. The normalized spacial score (nSPS) is 20.9. The van der Waals surface area contributed by atoms with Gasteiger partial charge >= 0.3 is 23.9 Å². The van der Waals surface area contributed by atoms with Crippen LogP contribution in [0, 0.1) is 11.8 Å². The number of carbonyl (C=O) groups is 6. The molecule has 296 valence electrons. The fraction of sp³-hybridized carbons (Fsp3) is 0.261. The van der Waals surface area contributed by atoms with Crippen LogP contribution in [0.15, 0.2) is 121 Å². The minimum Gasteiger partial charge on any atom is -0.468 e. The summed E-state index contributed by atoms with van der Waals surface area (Å²) in [6.45, 7) is 3.87. The van der Waals surface area contributed by atoms with Crippen molar-refractivity contribution in [1.82, 2.24) is 9.13 Å². The lowest BCUT2D eigenvalue weighted by Crippen LogP contribution is -2.45. The van der Waals surface area contributed by atoms with Crippen LogP contribution in [0.4, 0.5) is 0 Å². The summed E-state index contributed by atoms with van der Waals surface area (Å²) in [4.78, 5) is 78.7. The van der Waals surface area contributed by atoms with Crippen LogP contribution in [0.2, 0.25) is 0 Å². The van der Waals surface area contributed by atoms with Crippen molar-refractivity contribution < 1.29 is 47.7 Å². The first-order chi connectivity index (χ1) is 28.2. The van der Waals surface area contributed by atoms with Crippen LogP contribution >= 0.6 is 0 Å². The van der Waals surface area contributed by atoms with Crippen molar-refractivity contribution in [3.05, 3.63) is 144 Å². The maximum absolute atomic E-state index is 13.5. The zero-order valence-electron chi connectivity index (χ0n) is 32.4. The molecule has 0 saturated carbocycles. The average Bonchev–Trinajstić information content (AvgIpc) is 3.83. The highest BCUT2D eigenvalue weighted by atomic mass is 16.5. The number of carbonyl (C=O) groups excluding carboxylic acids is 6. The molecule has 0 unspecified atom stereocenters. The van der Waals surface area contributed by atoms with Crippen molar-refractivity contribution >= 4 is 57.5 Å². The van der Waals surface area contributed by atoms with Crippen molar-refractivity contribution in [2.24, 2.45) is 11.8 Å². The van der Waals surface area contributed by atoms with Crippen molar-refractivity contribution in [3.8, 4) is 0 Å². The monoisotopic (exact) mass is 782 g/mol. The van der Waals surface area contributed by atoms with Crippen molar-refractivity contribution in [2.75, 3.05) is 27.4 Å². The Morgan fingerprint density at radius 3 is 1.17 bits per heavy atom. The maximum atomic E-state index is 13.5. The third kappa shape index (κ3) is 6.84. The van der Waals surface area contributed by atoms with E-state index in [1.54, 1.807) is 26.0 Å². The Morgan fingerprint density at radius 1 is 0.483 bits per heavy atom. The highest BCUT2D eigenvalue weighted by Gasteiger charge is 2.53. The lowest BCUT2D eigenvalue weighted by atomic mass is 9.72. The van der Waals surface area contributed by atoms with Gasteiger partial charge in [0.2, 0.25) is 11.8 Å². The highest BCUT2D eigenvalue weighted by molar-refractivity contribution is 6.09. The molecule has 2 aliphatic rings. The molecule has 6 atom stereocenters. The zero-order chi connectivity index (χ0) is 41.1. The molecule has 0 amide bonds. The van der Waals surface area contributed by atoms with Crippen molar-refractivity contribution in [3.63, 3.8) is 0 Å². The summed E-state index contributed by atoms with van der Waals surface area (Å²) >= 11 is 0. The van der Waals surface area contributed by atoms with Crippen molar-refractivity contribution in [2.45, 2.75) is 37.5 Å². The van der Waals surface area contributed by atoms with E-state index >= 15 is 0 Å². The number of fused-ring (bicyclic) bond motifs is 6. The molecule has 0 N–H and O–H groups in total. The number of hydrogen-bond donors (Lipinski definition) is 0. The lowest BCUT2D eigenvalue weighted by Gasteiger charge is -2.36. The van der Waals surface area contributed by atoms with Gasteiger partial charge in [-0.3, -0.25) is 37.9 Å². The summed E-state index contributed by atoms with van der Waals surface area (Å²) in [5.41, 5.74) is 3.80. The van der Waals surface area contributed by atoms with Crippen LogP contribution in [0.5, 0.6) is 0 Å². The molecule has 12 nitrogen and oxygen atoms in total. The Morgan fingerprint density at radius 2 is 0.828 bits per heavy atom. The Kier molecular flexibility index (Phi) is 11.4. The summed E-state index contributed by atoms with van der Waals surface area (Å²) < 4.78 is 23.6. The van der Waals surface area contributed by atoms with Crippen LogP contribution in [0.1, 0.15) is 69.6 Å². The SMILES string of the molecule is CCOC(=O)[C@@H]1c2cc3ccccc3n2C(=O)[C@H](C(=O)OC)[C@H]1c1ccccc1.CCOC(=O)[C@H]1c2cc3ccccc3n2C(=O)[C@@H](C(=O)OC)[C@@H]1c1ccccc1. The van der Waals surface area contributed by atoms with Gasteiger partial charge in [-0.05, 0) is 49.2 Å². The third-order valence-electron chi connectivity index (χ3n) is 10.9. The number of rotatable bonds is 8. The minimum atomic E-state index is -1.15. The number of esters is 4. The molecular formula is C46H42N2O10. The summed E-state index contributed by atoms with van der Waals surface area (Å²) in [5.74, 6) is -8.43. The second-order valence-corrected chi connectivity index (χ2v) is 13.9. The van der Waals surface area contributed by atoms with Crippen LogP contribution in [-0.2, 0) is 38.1 Å². The predicted octanol–water partition coefficient (Wildman–Crippen LogP) is 7.03. The summed E-state index contributed by atoms with van der Waals surface area (Å²) in [6.07, 6.45) is 0. The van der Waals surface area contributed by atoms with E-state index in [4.69, 9.17) is 18.9 Å². The summed E-state index contributed by atoms with van der Waals surface area (Å²) in [6, 6.07) is 36.6. The molecule has 4 heterocycles. The Balaban J connectivity index is 0.000000177. The van der Waals surface area contributed by atoms with Crippen LogP contribution in [-0.4, -0.2) is 72.3 Å². The van der Waals surface area contributed by atoms with Crippen LogP contribution in [0.3, 0.4) is 0 Å². The first-order valence-corrected chi connectivity index (χ1v) is 19.0. The molecule has 0 radical (unpaired) electrons. The Bertz CT molecular complexity index is 2350. The predicted molar refractivity (Wildman–Crippen MR) is 213 cm³/mol. The van der Waals surface area contributed by atoms with E-state index < -0.39 is 71.2 Å². The lowest BCUT2D eigenvalue weighted by molar-refractivity contribution is -0.151. The van der Waals surface area contributed by atoms with E-state index in [-0.39, 0.29) is 13.2 Å². The van der Waals surface area contributed by atoms with E-state index in [1.165, 1.54) is 23.4 Å². The molecule has 8 rings (SSSR count). The van der Waals surface area contributed by atoms with Gasteiger partial charge in [0.05, 0.1) is 38.5 Å². The van der Waals surface area contributed by atoms with Crippen LogP contribution in [0.25, 0.3) is 21.8 Å². The standard InChI is InChI=1S/2C23H21NO5/c2*1-3-29-23(27)19-17-13-15-11-7-8-12-16(15)24(17)21(25)20(22(26)28-2)18(19)14-9-5-4-6-10-14/h2*4-13,18-20H,3H2,1-2H3/t2*18-,19+,20+/m10/s1. The largest absolute Gasteiger partial charge is 0.468 e. The van der Waals surface area contributed by atoms with Crippen molar-refractivity contribution in [1.29, 1.82) is 0 Å². The van der Waals surface area contributed by atoms with E-state index in [0.29, 0.717) is 33.5 Å². The Labute approximate surface area is 334 Å². The molecule has 58 heavy (non-hydrogen) atoms. The smallest absolute Gasteiger partial charge is 0.318 e. The second kappa shape index (κ2) is 16.7. The number of methoxy groups -OCH3 is 2. The van der Waals surface area contributed by atoms with E-state index in [1.807, 2.05) is 109 Å². The first kappa shape index (κ1) is 39.4. The maximum Gasteiger partial charge on any atom is 0.318 e. The second-order valence-electron chi connectivity index (χ2n) is 13.9. The molecule has 2 aromatic heterocycles. The molecule has 0 bridgehead atoms. The summed E-state index contributed by atoms with van der Waals surface area (Å²) in [7, 11) is 2.50. The van der Waals surface area contributed by atoms with Gasteiger partial charge in [0, 0.05) is 34.0 Å². The molecular weight excluding hydrogens is 741 g/mol. The molecule has 0 spiro atoms. The van der Waals surface area contributed by atoms with Gasteiger partial charge in [0.1, 0.15) is 23.7 Å². The van der Waals surface area contributed by atoms with Gasteiger partial charge < -0.3 is 18.9 Å². The number of ether oxygens (including phenoxy) is 4. The van der Waals surface area contributed by atoms with E-state index in [2.05, 4.69) is 0 Å². The topological polar surface area (TPSA) is 149 Å². The molecule has 2 aliphatic heterocycles. The number of hydrogen-bond acceptors (Lipinski definition) is 10. The van der Waals surface area contributed by atoms with Crippen LogP contribution < -0.4 is 0 Å². The number of nitrogens with zero attached hydrogens (tertiary/aromatic N) is 2. The zero-order valence-corrected chi connectivity index (χ0v) is 32.4. The molecule has 0 saturated heterocycles. The number of aromatic nitrogens is 2. The first-order valence-electron chi connectivity index (χ1n) is 19.0. The summed E-state index contributed by atoms with van der Waals surface area (Å²) in [5, 5.41) is 1.64. The van der Waals surface area contributed by atoms with Gasteiger partial charge in [0.25, 0.3) is 0 Å². The van der Waals surface area contributed by atoms with Gasteiger partial charge in [-0.15, -0.1) is 0 Å². The minimum absolute atomic E-state index is 0.202. The fourth-order valence-corrected chi connectivity index (χ4v) is 8.51. The Hall–Kier alpha value is -6.82. The van der Waals surface area contributed by atoms with E-state index in [0.717, 1.165) is 10.8 Å². The van der Waals surface area contributed by atoms with Gasteiger partial charge in [-0.25, -0.2) is 0 Å². The van der Waals surface area contributed by atoms with Gasteiger partial charge in [-0.2, -0.15) is 0 Å². The van der Waals surface area contributed by atoms with E-state index in [9.17, 15) is 28.8 Å². The molecule has 12 heteroatoms. The molecule has 0 fully saturated rings. The number of benzene rings is 4. The average molecular weight is 783 g/mol. The fourth-order valence-electron chi connectivity index (χ4n) is 8.51.